The van der Waals surface area contributed by atoms with E-state index in [0.717, 1.165) is 35.9 Å². The Labute approximate surface area is 180 Å². The molecule has 0 aliphatic carbocycles. The number of fused-ring (bicyclic) bond motifs is 1. The first-order valence-electron chi connectivity index (χ1n) is 10.1. The molecule has 0 aliphatic rings. The van der Waals surface area contributed by atoms with Gasteiger partial charge >= 0.3 is 6.09 Å². The molecule has 1 heterocycles. The molecular weight excluding hydrogens is 398 g/mol. The second-order valence-electron chi connectivity index (χ2n) is 6.91. The second-order valence-corrected chi connectivity index (χ2v) is 7.94. The van der Waals surface area contributed by atoms with Gasteiger partial charge in [-0.2, -0.15) is 0 Å². The van der Waals surface area contributed by atoms with E-state index >= 15 is 0 Å². The third kappa shape index (κ3) is 5.51. The molecule has 3 aromatic rings. The van der Waals surface area contributed by atoms with Gasteiger partial charge < -0.3 is 0 Å². The summed E-state index contributed by atoms with van der Waals surface area (Å²) in [6.45, 7) is 2.12. The summed E-state index contributed by atoms with van der Waals surface area (Å²) in [5.74, 6) is -0.166. The molecule has 0 N–H and O–H groups in total. The van der Waals surface area contributed by atoms with Crippen LogP contribution in [0.5, 0.6) is 0 Å². The van der Waals surface area contributed by atoms with Gasteiger partial charge in [0.05, 0.1) is 10.2 Å². The number of Topliss-reactive ketones (excluding diaryl/α,β-unsaturated/α-hetero) is 1. The Hall–Kier alpha value is -3.06. The summed E-state index contributed by atoms with van der Waals surface area (Å²) in [6, 6.07) is 16.7. The molecule has 1 aromatic heterocycles. The Balaban J connectivity index is 1.80. The number of anilines is 1. The number of carbonyl (C=O) groups excluding carboxylic acids is 2. The van der Waals surface area contributed by atoms with Crippen LogP contribution in [0.25, 0.3) is 10.2 Å². The van der Waals surface area contributed by atoms with E-state index in [1.807, 2.05) is 42.5 Å². The van der Waals surface area contributed by atoms with E-state index in [9.17, 15) is 9.59 Å². The summed E-state index contributed by atoms with van der Waals surface area (Å²) < 4.78 is 0.951. The first-order valence-corrected chi connectivity index (χ1v) is 10.9. The molecule has 0 atom stereocenters. The maximum absolute atomic E-state index is 12.9. The van der Waals surface area contributed by atoms with Crippen LogP contribution in [0.1, 0.15) is 44.0 Å². The molecule has 0 spiro atoms. The van der Waals surface area contributed by atoms with Crippen LogP contribution >= 0.6 is 11.3 Å². The minimum absolute atomic E-state index is 0.0995. The van der Waals surface area contributed by atoms with Gasteiger partial charge in [-0.3, -0.25) is 14.5 Å². The first-order chi connectivity index (χ1) is 14.6. The highest BCUT2D eigenvalue weighted by molar-refractivity contribution is 7.21. The molecule has 0 aliphatic heterocycles. The van der Waals surface area contributed by atoms with E-state index in [2.05, 4.69) is 17.1 Å². The van der Waals surface area contributed by atoms with Crippen LogP contribution in [-0.2, 0) is 9.63 Å². The molecule has 0 unspecified atom stereocenters. The Morgan fingerprint density at radius 3 is 2.50 bits per heavy atom. The SMILES string of the molecule is CCCCCCC(=O)C(=NOC(=O)N(C)c1ccccc1)c1nc2ccccc2s1. The largest absolute Gasteiger partial charge is 0.440 e. The van der Waals surface area contributed by atoms with Gasteiger partial charge in [0.15, 0.2) is 11.5 Å². The van der Waals surface area contributed by atoms with Crippen molar-refractivity contribution in [3.63, 3.8) is 0 Å². The normalized spacial score (nSPS) is 11.5. The van der Waals surface area contributed by atoms with Gasteiger partial charge in [-0.05, 0) is 30.7 Å². The Morgan fingerprint density at radius 2 is 1.77 bits per heavy atom. The molecule has 0 bridgehead atoms. The van der Waals surface area contributed by atoms with Crippen molar-refractivity contribution in [3.8, 4) is 0 Å². The third-order valence-electron chi connectivity index (χ3n) is 4.65. The molecule has 0 fully saturated rings. The fourth-order valence-electron chi connectivity index (χ4n) is 2.92. The number of thiazole rings is 1. The monoisotopic (exact) mass is 423 g/mol. The molecule has 156 valence electrons. The van der Waals surface area contributed by atoms with Gasteiger partial charge in [0.25, 0.3) is 0 Å². The summed E-state index contributed by atoms with van der Waals surface area (Å²) in [4.78, 5) is 36.3. The van der Waals surface area contributed by atoms with Gasteiger partial charge in [-0.15, -0.1) is 11.3 Å². The van der Waals surface area contributed by atoms with Crippen LogP contribution in [-0.4, -0.2) is 29.6 Å². The fourth-order valence-corrected chi connectivity index (χ4v) is 3.88. The zero-order valence-corrected chi connectivity index (χ0v) is 18.0. The van der Waals surface area contributed by atoms with Crippen LogP contribution in [0.2, 0.25) is 0 Å². The molecule has 1 amide bonds. The van der Waals surface area contributed by atoms with E-state index in [-0.39, 0.29) is 11.5 Å². The van der Waals surface area contributed by atoms with Crippen molar-refractivity contribution in [1.29, 1.82) is 0 Å². The first kappa shape index (κ1) is 21.6. The van der Waals surface area contributed by atoms with Crippen LogP contribution in [0, 0.1) is 0 Å². The molecule has 30 heavy (non-hydrogen) atoms. The van der Waals surface area contributed by atoms with Crippen LogP contribution in [0.15, 0.2) is 59.8 Å². The number of carbonyl (C=O) groups is 2. The standard InChI is InChI=1S/C23H25N3O3S/c1-3-4-5-9-15-19(27)21(22-24-18-14-10-11-16-20(18)30-22)25-29-23(28)26(2)17-12-7-6-8-13-17/h6-8,10-14,16H,3-5,9,15H2,1-2H3. The predicted molar refractivity (Wildman–Crippen MR) is 121 cm³/mol. The Bertz CT molecular complexity index is 997. The number of benzene rings is 2. The van der Waals surface area contributed by atoms with Crippen molar-refractivity contribution in [2.24, 2.45) is 5.16 Å². The maximum atomic E-state index is 12.9. The lowest BCUT2D eigenvalue weighted by Gasteiger charge is -2.14. The number of rotatable bonds is 9. The van der Waals surface area contributed by atoms with Crippen molar-refractivity contribution in [3.05, 3.63) is 59.6 Å². The predicted octanol–water partition coefficient (Wildman–Crippen LogP) is 5.81. The number of oxime groups is 1. The molecule has 0 saturated heterocycles. The van der Waals surface area contributed by atoms with E-state index in [4.69, 9.17) is 4.84 Å². The van der Waals surface area contributed by atoms with Crippen molar-refractivity contribution < 1.29 is 14.4 Å². The third-order valence-corrected chi connectivity index (χ3v) is 5.69. The number of ketones is 1. The number of aromatic nitrogens is 1. The average Bonchev–Trinajstić information content (AvgIpc) is 3.20. The smallest absolute Gasteiger partial charge is 0.297 e. The van der Waals surface area contributed by atoms with Gasteiger partial charge in [-0.1, -0.05) is 61.7 Å². The highest BCUT2D eigenvalue weighted by Crippen LogP contribution is 2.23. The Morgan fingerprint density at radius 1 is 1.03 bits per heavy atom. The quantitative estimate of drug-likeness (QED) is 0.188. The van der Waals surface area contributed by atoms with E-state index in [0.29, 0.717) is 17.1 Å². The lowest BCUT2D eigenvalue weighted by Crippen LogP contribution is -2.26. The summed E-state index contributed by atoms with van der Waals surface area (Å²) >= 11 is 1.37. The number of hydrogen-bond donors (Lipinski definition) is 0. The number of nitrogens with zero attached hydrogens (tertiary/aromatic N) is 3. The number of para-hydroxylation sites is 2. The topological polar surface area (TPSA) is 71.9 Å². The van der Waals surface area contributed by atoms with Crippen molar-refractivity contribution in [2.75, 3.05) is 11.9 Å². The maximum Gasteiger partial charge on any atom is 0.440 e. The number of amides is 1. The number of hydrogen-bond acceptors (Lipinski definition) is 6. The lowest BCUT2D eigenvalue weighted by molar-refractivity contribution is -0.113. The zero-order valence-electron chi connectivity index (χ0n) is 17.2. The van der Waals surface area contributed by atoms with Gasteiger partial charge in [0.2, 0.25) is 0 Å². The molecule has 3 rings (SSSR count). The molecular formula is C23H25N3O3S. The minimum atomic E-state index is -0.668. The molecule has 6 nitrogen and oxygen atoms in total. The fraction of sp³-hybridized carbons (Fsp3) is 0.304. The number of unbranched alkanes of at least 4 members (excludes halogenated alkanes) is 3. The van der Waals surface area contributed by atoms with Crippen molar-refractivity contribution in [1.82, 2.24) is 4.98 Å². The highest BCUT2D eigenvalue weighted by Gasteiger charge is 2.21. The van der Waals surface area contributed by atoms with Gasteiger partial charge in [0, 0.05) is 19.2 Å². The van der Waals surface area contributed by atoms with Gasteiger partial charge in [0.1, 0.15) is 5.01 Å². The summed E-state index contributed by atoms with van der Waals surface area (Å²) in [6.07, 6.45) is 3.61. The van der Waals surface area contributed by atoms with E-state index < -0.39 is 6.09 Å². The van der Waals surface area contributed by atoms with Crippen LogP contribution < -0.4 is 4.90 Å². The zero-order chi connectivity index (χ0) is 21.3. The molecule has 0 radical (unpaired) electrons. The second kappa shape index (κ2) is 10.6. The summed E-state index contributed by atoms with van der Waals surface area (Å²) in [5, 5.41) is 4.42. The van der Waals surface area contributed by atoms with E-state index in [1.54, 1.807) is 19.2 Å². The molecule has 2 aromatic carbocycles. The van der Waals surface area contributed by atoms with Gasteiger partial charge in [-0.25, -0.2) is 9.78 Å². The van der Waals surface area contributed by atoms with Crippen molar-refractivity contribution in [2.45, 2.75) is 39.0 Å². The molecule has 7 heteroatoms. The summed E-state index contributed by atoms with van der Waals surface area (Å²) in [5.41, 5.74) is 1.56. The summed E-state index contributed by atoms with van der Waals surface area (Å²) in [7, 11) is 1.59. The van der Waals surface area contributed by atoms with Crippen LogP contribution in [0.3, 0.4) is 0 Å². The highest BCUT2D eigenvalue weighted by atomic mass is 32.1. The van der Waals surface area contributed by atoms with E-state index in [1.165, 1.54) is 16.2 Å². The average molecular weight is 424 g/mol. The minimum Gasteiger partial charge on any atom is -0.297 e. The van der Waals surface area contributed by atoms with Crippen molar-refractivity contribution >= 4 is 44.8 Å². The van der Waals surface area contributed by atoms with Crippen LogP contribution in [0.4, 0.5) is 10.5 Å². The Kier molecular flexibility index (Phi) is 7.68. The molecule has 0 saturated carbocycles. The lowest BCUT2D eigenvalue weighted by atomic mass is 10.1.